The Morgan fingerprint density at radius 2 is 1.47 bits per heavy atom. The van der Waals surface area contributed by atoms with Crippen molar-refractivity contribution in [3.8, 4) is 16.9 Å². The molecule has 1 N–H and O–H groups in total. The van der Waals surface area contributed by atoms with Gasteiger partial charge in [0.1, 0.15) is 0 Å². The highest BCUT2D eigenvalue weighted by Crippen LogP contribution is 2.24. The van der Waals surface area contributed by atoms with Crippen LogP contribution in [0, 0.1) is 0 Å². The summed E-state index contributed by atoms with van der Waals surface area (Å²) in [6.45, 7) is 0. The van der Waals surface area contributed by atoms with Gasteiger partial charge in [-0.2, -0.15) is 5.10 Å². The summed E-state index contributed by atoms with van der Waals surface area (Å²) in [5.41, 5.74) is 3.31. The molecule has 1 heterocycles. The van der Waals surface area contributed by atoms with Crippen LogP contribution in [0.5, 0.6) is 0 Å². The van der Waals surface area contributed by atoms with Gasteiger partial charge in [0, 0.05) is 17.5 Å². The van der Waals surface area contributed by atoms with Crippen molar-refractivity contribution in [3.63, 3.8) is 0 Å². The fraction of sp³-hybridized carbons (Fsp3) is 0.0435. The van der Waals surface area contributed by atoms with Gasteiger partial charge in [0.2, 0.25) is 0 Å². The van der Waals surface area contributed by atoms with Gasteiger partial charge in [-0.25, -0.2) is 13.1 Å². The average Bonchev–Trinajstić information content (AvgIpc) is 3.20. The predicted octanol–water partition coefficient (Wildman–Crippen LogP) is 4.20. The number of para-hydroxylation sites is 1. The number of nitrogens with one attached hydrogen (secondary N) is 1. The Hall–Kier alpha value is -3.71. The monoisotopic (exact) mass is 417 g/mol. The first-order valence-electron chi connectivity index (χ1n) is 9.24. The second-order valence-corrected chi connectivity index (χ2v) is 8.79. The number of hydrogen-bond donors (Lipinski definition) is 1. The number of carbonyl (C=O) groups is 1. The second kappa shape index (κ2) is 7.96. The van der Waals surface area contributed by atoms with Crippen molar-refractivity contribution in [2.24, 2.45) is 0 Å². The molecule has 0 aliphatic heterocycles. The lowest BCUT2D eigenvalue weighted by atomic mass is 10.1. The number of aromatic nitrogens is 2. The van der Waals surface area contributed by atoms with E-state index >= 15 is 0 Å². The van der Waals surface area contributed by atoms with Crippen LogP contribution in [-0.2, 0) is 9.84 Å². The van der Waals surface area contributed by atoms with Crippen molar-refractivity contribution in [1.29, 1.82) is 0 Å². The van der Waals surface area contributed by atoms with Crippen LogP contribution in [0.25, 0.3) is 16.9 Å². The van der Waals surface area contributed by atoms with E-state index in [0.717, 1.165) is 23.2 Å². The molecule has 1 aromatic heterocycles. The van der Waals surface area contributed by atoms with E-state index < -0.39 is 9.84 Å². The molecule has 0 bridgehead atoms. The van der Waals surface area contributed by atoms with Gasteiger partial charge in [0.25, 0.3) is 5.91 Å². The zero-order chi connectivity index (χ0) is 21.1. The van der Waals surface area contributed by atoms with E-state index in [0.29, 0.717) is 5.69 Å². The van der Waals surface area contributed by atoms with Gasteiger partial charge >= 0.3 is 0 Å². The molecule has 0 saturated heterocycles. The van der Waals surface area contributed by atoms with Gasteiger partial charge in [-0.15, -0.1) is 0 Å². The number of anilines is 1. The highest BCUT2D eigenvalue weighted by atomic mass is 32.2. The summed E-state index contributed by atoms with van der Waals surface area (Å²) in [5, 5.41) is 7.29. The fourth-order valence-corrected chi connectivity index (χ4v) is 3.68. The van der Waals surface area contributed by atoms with E-state index in [9.17, 15) is 13.2 Å². The van der Waals surface area contributed by atoms with Crippen molar-refractivity contribution in [3.05, 3.63) is 96.7 Å². The van der Waals surface area contributed by atoms with Crippen LogP contribution in [0.15, 0.2) is 95.9 Å². The molecule has 0 spiro atoms. The van der Waals surface area contributed by atoms with Crippen LogP contribution >= 0.6 is 0 Å². The van der Waals surface area contributed by atoms with Gasteiger partial charge in [-0.05, 0) is 42.5 Å². The van der Waals surface area contributed by atoms with Crippen LogP contribution in [0.3, 0.4) is 0 Å². The number of amides is 1. The van der Waals surface area contributed by atoms with Crippen LogP contribution in [0.2, 0.25) is 0 Å². The first-order chi connectivity index (χ1) is 14.4. The smallest absolute Gasteiger partial charge is 0.276 e. The zero-order valence-corrected chi connectivity index (χ0v) is 17.0. The summed E-state index contributed by atoms with van der Waals surface area (Å²) in [4.78, 5) is 13.0. The first kappa shape index (κ1) is 19.6. The van der Waals surface area contributed by atoms with E-state index in [2.05, 4.69) is 10.4 Å². The molecule has 0 atom stereocenters. The van der Waals surface area contributed by atoms with Gasteiger partial charge in [-0.3, -0.25) is 4.79 Å². The summed E-state index contributed by atoms with van der Waals surface area (Å²) in [6.07, 6.45) is 1.14. The highest BCUT2D eigenvalue weighted by Gasteiger charge is 2.17. The van der Waals surface area contributed by atoms with E-state index in [1.165, 1.54) is 12.1 Å². The minimum absolute atomic E-state index is 0.195. The topological polar surface area (TPSA) is 81.1 Å². The minimum Gasteiger partial charge on any atom is -0.321 e. The number of benzene rings is 3. The molecule has 0 saturated carbocycles. The van der Waals surface area contributed by atoms with Gasteiger partial charge < -0.3 is 5.32 Å². The molecule has 7 heteroatoms. The molecule has 3 aromatic carbocycles. The number of carbonyl (C=O) groups excluding carboxylic acids is 1. The maximum atomic E-state index is 12.8. The average molecular weight is 417 g/mol. The second-order valence-electron chi connectivity index (χ2n) is 6.78. The summed E-state index contributed by atoms with van der Waals surface area (Å²) >= 11 is 0. The number of sulfone groups is 1. The number of rotatable bonds is 5. The van der Waals surface area contributed by atoms with Crippen LogP contribution in [0.1, 0.15) is 10.5 Å². The Labute approximate surface area is 174 Å². The molecule has 4 aromatic rings. The van der Waals surface area contributed by atoms with Crippen molar-refractivity contribution in [2.75, 3.05) is 11.6 Å². The Morgan fingerprint density at radius 1 is 0.867 bits per heavy atom. The van der Waals surface area contributed by atoms with Crippen LogP contribution in [0.4, 0.5) is 5.69 Å². The van der Waals surface area contributed by atoms with Crippen molar-refractivity contribution in [2.45, 2.75) is 4.90 Å². The molecular formula is C23H19N3O3S. The summed E-state index contributed by atoms with van der Waals surface area (Å²) in [5.74, 6) is -0.381. The fourth-order valence-electron chi connectivity index (χ4n) is 3.05. The van der Waals surface area contributed by atoms with Crippen molar-refractivity contribution in [1.82, 2.24) is 9.78 Å². The molecule has 0 aliphatic carbocycles. The SMILES string of the molecule is CS(=O)(=O)c1ccc(NC(=O)c2cc(-c3ccccc3)n(-c3ccccc3)n2)cc1. The first-order valence-corrected chi connectivity index (χ1v) is 11.1. The highest BCUT2D eigenvalue weighted by molar-refractivity contribution is 7.90. The van der Waals surface area contributed by atoms with Crippen molar-refractivity contribution >= 4 is 21.4 Å². The lowest BCUT2D eigenvalue weighted by Crippen LogP contribution is -2.13. The summed E-state index contributed by atoms with van der Waals surface area (Å²) in [6, 6.07) is 27.1. The van der Waals surface area contributed by atoms with Gasteiger partial charge in [0.05, 0.1) is 16.3 Å². The molecule has 0 fully saturated rings. The van der Waals surface area contributed by atoms with Gasteiger partial charge in [0.15, 0.2) is 15.5 Å². The number of nitrogens with zero attached hydrogens (tertiary/aromatic N) is 2. The Balaban J connectivity index is 1.67. The normalized spacial score (nSPS) is 11.2. The maximum absolute atomic E-state index is 12.8. The molecule has 6 nitrogen and oxygen atoms in total. The van der Waals surface area contributed by atoms with Gasteiger partial charge in [-0.1, -0.05) is 48.5 Å². The number of hydrogen-bond acceptors (Lipinski definition) is 4. The van der Waals surface area contributed by atoms with E-state index in [-0.39, 0.29) is 16.5 Å². The predicted molar refractivity (Wildman–Crippen MR) is 117 cm³/mol. The van der Waals surface area contributed by atoms with Crippen LogP contribution < -0.4 is 5.32 Å². The Morgan fingerprint density at radius 3 is 2.07 bits per heavy atom. The molecule has 0 unspecified atom stereocenters. The molecular weight excluding hydrogens is 398 g/mol. The van der Waals surface area contributed by atoms with Crippen molar-refractivity contribution < 1.29 is 13.2 Å². The zero-order valence-electron chi connectivity index (χ0n) is 16.2. The minimum atomic E-state index is -3.29. The standard InChI is InChI=1S/C23H19N3O3S/c1-30(28,29)20-14-12-18(13-15-20)24-23(27)21-16-22(17-8-4-2-5-9-17)26(25-21)19-10-6-3-7-11-19/h2-16H,1H3,(H,24,27). The largest absolute Gasteiger partial charge is 0.321 e. The Kier molecular flexibility index (Phi) is 5.20. The third kappa shape index (κ3) is 4.16. The quantitative estimate of drug-likeness (QED) is 0.528. The molecule has 1 amide bonds. The van der Waals surface area contributed by atoms with E-state index in [1.54, 1.807) is 22.9 Å². The third-order valence-corrected chi connectivity index (χ3v) is 5.68. The van der Waals surface area contributed by atoms with E-state index in [1.807, 2.05) is 60.7 Å². The summed E-state index contributed by atoms with van der Waals surface area (Å²) in [7, 11) is -3.29. The lowest BCUT2D eigenvalue weighted by molar-refractivity contribution is 0.102. The molecule has 4 rings (SSSR count). The molecule has 150 valence electrons. The lowest BCUT2D eigenvalue weighted by Gasteiger charge is -2.07. The third-order valence-electron chi connectivity index (χ3n) is 4.55. The summed E-state index contributed by atoms with van der Waals surface area (Å²) < 4.78 is 24.9. The van der Waals surface area contributed by atoms with E-state index in [4.69, 9.17) is 0 Å². The molecule has 30 heavy (non-hydrogen) atoms. The Bertz CT molecular complexity index is 1220. The molecule has 0 aliphatic rings. The van der Waals surface area contributed by atoms with Crippen LogP contribution in [-0.4, -0.2) is 30.4 Å². The maximum Gasteiger partial charge on any atom is 0.276 e. The molecule has 0 radical (unpaired) electrons.